The quantitative estimate of drug-likeness (QED) is 0.335. The van der Waals surface area contributed by atoms with Gasteiger partial charge in [-0.15, -0.1) is 0 Å². The number of benzene rings is 2. The topological polar surface area (TPSA) is 75.6 Å². The average Bonchev–Trinajstić information content (AvgIpc) is 3.18. The van der Waals surface area contributed by atoms with Crippen LogP contribution in [0.25, 0.3) is 21.9 Å². The molecule has 2 aromatic carbocycles. The van der Waals surface area contributed by atoms with Gasteiger partial charge in [0, 0.05) is 22.7 Å². The fourth-order valence-corrected chi connectivity index (χ4v) is 3.26. The lowest BCUT2D eigenvalue weighted by atomic mass is 10.2. The summed E-state index contributed by atoms with van der Waals surface area (Å²) < 4.78 is 3.94. The van der Waals surface area contributed by atoms with Gasteiger partial charge in [0.1, 0.15) is 0 Å². The molecule has 2 aromatic heterocycles. The van der Waals surface area contributed by atoms with Gasteiger partial charge in [-0.05, 0) is 18.2 Å². The van der Waals surface area contributed by atoms with E-state index in [0.717, 1.165) is 27.5 Å². The molecule has 2 heterocycles. The predicted octanol–water partition coefficient (Wildman–Crippen LogP) is 2.86. The lowest BCUT2D eigenvalue weighted by Crippen LogP contribution is -2.21. The fourth-order valence-electron chi connectivity index (χ4n) is 3.26. The fraction of sp³-hybridized carbons (Fsp3) is 0.158. The summed E-state index contributed by atoms with van der Waals surface area (Å²) in [4.78, 5) is 4.36. The normalized spacial score (nSPS) is 13.2. The molecular weight excluding hydrogens is 316 g/mol. The van der Waals surface area contributed by atoms with Crippen molar-refractivity contribution in [2.75, 3.05) is 0 Å². The Bertz CT molecular complexity index is 1050. The third-order valence-corrected chi connectivity index (χ3v) is 4.36. The summed E-state index contributed by atoms with van der Waals surface area (Å²) in [6, 6.07) is 15.7. The summed E-state index contributed by atoms with van der Waals surface area (Å²) in [6.45, 7) is 0.892. The Balaban J connectivity index is 1.60. The predicted molar refractivity (Wildman–Crippen MR) is 97.1 cm³/mol. The van der Waals surface area contributed by atoms with E-state index in [1.807, 2.05) is 63.9 Å². The first kappa shape index (κ1) is 15.4. The van der Waals surface area contributed by atoms with Crippen LogP contribution in [-0.2, 0) is 13.1 Å². The number of para-hydroxylation sites is 3. The Labute approximate surface area is 144 Å². The zero-order valence-electron chi connectivity index (χ0n) is 13.5. The maximum atomic E-state index is 10.6. The lowest BCUT2D eigenvalue weighted by Gasteiger charge is -2.14. The van der Waals surface area contributed by atoms with Gasteiger partial charge in [0.2, 0.25) is 0 Å². The first-order valence-electron chi connectivity index (χ1n) is 8.09. The van der Waals surface area contributed by atoms with Crippen LogP contribution in [0.15, 0.2) is 66.2 Å². The van der Waals surface area contributed by atoms with E-state index in [0.29, 0.717) is 13.1 Å². The van der Waals surface area contributed by atoms with E-state index in [9.17, 15) is 5.11 Å². The van der Waals surface area contributed by atoms with Gasteiger partial charge in [0.15, 0.2) is 0 Å². The van der Waals surface area contributed by atoms with E-state index >= 15 is 0 Å². The Kier molecular flexibility index (Phi) is 3.95. The molecular formula is C19H18N4O2. The molecule has 0 spiro atoms. The van der Waals surface area contributed by atoms with Crippen LogP contribution in [0.2, 0.25) is 0 Å². The van der Waals surface area contributed by atoms with Crippen molar-refractivity contribution in [1.29, 1.82) is 0 Å². The molecule has 0 aliphatic rings. The minimum absolute atomic E-state index is 0.437. The van der Waals surface area contributed by atoms with Crippen molar-refractivity contribution in [3.8, 4) is 0 Å². The second-order valence-corrected chi connectivity index (χ2v) is 6.04. The zero-order valence-corrected chi connectivity index (χ0v) is 13.5. The van der Waals surface area contributed by atoms with Gasteiger partial charge in [-0.2, -0.15) is 0 Å². The van der Waals surface area contributed by atoms with Crippen molar-refractivity contribution in [1.82, 2.24) is 14.1 Å². The van der Waals surface area contributed by atoms with Crippen molar-refractivity contribution in [3.63, 3.8) is 0 Å². The van der Waals surface area contributed by atoms with Gasteiger partial charge in [-0.1, -0.05) is 35.5 Å². The van der Waals surface area contributed by atoms with E-state index in [1.54, 1.807) is 6.33 Å². The number of nitrogens with zero attached hydrogens (tertiary/aromatic N) is 4. The van der Waals surface area contributed by atoms with Gasteiger partial charge in [0.05, 0.1) is 42.8 Å². The van der Waals surface area contributed by atoms with Crippen LogP contribution < -0.4 is 0 Å². The summed E-state index contributed by atoms with van der Waals surface area (Å²) in [7, 11) is 0. The zero-order chi connectivity index (χ0) is 17.2. The van der Waals surface area contributed by atoms with Gasteiger partial charge in [-0.3, -0.25) is 0 Å². The smallest absolute Gasteiger partial charge is 0.0959 e. The van der Waals surface area contributed by atoms with Crippen LogP contribution in [0.3, 0.4) is 0 Å². The highest BCUT2D eigenvalue weighted by molar-refractivity contribution is 5.99. The molecule has 6 heteroatoms. The third kappa shape index (κ3) is 2.88. The number of aliphatic hydroxyl groups is 1. The number of aromatic nitrogens is 3. The minimum atomic E-state index is -0.577. The maximum Gasteiger partial charge on any atom is 0.0959 e. The van der Waals surface area contributed by atoms with Gasteiger partial charge < -0.3 is 19.4 Å². The summed E-state index contributed by atoms with van der Waals surface area (Å²) in [6.07, 6.45) is 4.48. The summed E-state index contributed by atoms with van der Waals surface area (Å²) >= 11 is 0. The number of oxime groups is 1. The number of hydrogen-bond acceptors (Lipinski definition) is 4. The van der Waals surface area contributed by atoms with Gasteiger partial charge >= 0.3 is 0 Å². The van der Waals surface area contributed by atoms with Crippen molar-refractivity contribution < 1.29 is 10.3 Å². The highest BCUT2D eigenvalue weighted by Crippen LogP contribution is 2.21. The Morgan fingerprint density at radius 2 is 1.72 bits per heavy atom. The molecule has 0 bridgehead atoms. The summed E-state index contributed by atoms with van der Waals surface area (Å²) in [5.74, 6) is 0. The van der Waals surface area contributed by atoms with E-state index < -0.39 is 6.10 Å². The molecule has 0 saturated carbocycles. The highest BCUT2D eigenvalue weighted by Gasteiger charge is 2.12. The molecule has 0 radical (unpaired) electrons. The van der Waals surface area contributed by atoms with E-state index in [-0.39, 0.29) is 0 Å². The van der Waals surface area contributed by atoms with Crippen molar-refractivity contribution in [2.24, 2.45) is 5.16 Å². The van der Waals surface area contributed by atoms with Crippen LogP contribution in [0.4, 0.5) is 0 Å². The molecule has 25 heavy (non-hydrogen) atoms. The Morgan fingerprint density at radius 1 is 1.00 bits per heavy atom. The van der Waals surface area contributed by atoms with Gasteiger partial charge in [0.25, 0.3) is 0 Å². The average molecular weight is 334 g/mol. The number of hydrogen-bond donors (Lipinski definition) is 2. The minimum Gasteiger partial charge on any atom is -0.411 e. The van der Waals surface area contributed by atoms with Gasteiger partial charge in [-0.25, -0.2) is 4.98 Å². The third-order valence-electron chi connectivity index (χ3n) is 4.36. The standard InChI is InChI=1S/C19H18N4O2/c24-15(12-23-13-20-17-6-2-4-8-19(17)23)11-22-10-14(9-21-25)16-5-1-3-7-18(16)22/h1-10,13,15,24-25H,11-12H2. The largest absolute Gasteiger partial charge is 0.411 e. The summed E-state index contributed by atoms with van der Waals surface area (Å²) in [5.41, 5.74) is 3.74. The van der Waals surface area contributed by atoms with E-state index in [2.05, 4.69) is 10.1 Å². The number of rotatable bonds is 5. The molecule has 0 amide bonds. The van der Waals surface area contributed by atoms with E-state index in [4.69, 9.17) is 5.21 Å². The SMILES string of the molecule is ON=Cc1cn(CC(O)Cn2cnc3ccccc32)c2ccccc12. The molecule has 0 saturated heterocycles. The number of aliphatic hydroxyl groups excluding tert-OH is 1. The highest BCUT2D eigenvalue weighted by atomic mass is 16.4. The molecule has 1 atom stereocenters. The van der Waals surface area contributed by atoms with E-state index in [1.165, 1.54) is 6.21 Å². The molecule has 126 valence electrons. The molecule has 2 N–H and O–H groups in total. The van der Waals surface area contributed by atoms with Crippen LogP contribution in [0.1, 0.15) is 5.56 Å². The van der Waals surface area contributed by atoms with Crippen LogP contribution in [0.5, 0.6) is 0 Å². The van der Waals surface area contributed by atoms with Crippen molar-refractivity contribution >= 4 is 28.2 Å². The monoisotopic (exact) mass is 334 g/mol. The number of fused-ring (bicyclic) bond motifs is 2. The Morgan fingerprint density at radius 3 is 2.56 bits per heavy atom. The molecule has 4 aromatic rings. The van der Waals surface area contributed by atoms with Crippen LogP contribution >= 0.6 is 0 Å². The van der Waals surface area contributed by atoms with Crippen molar-refractivity contribution in [2.45, 2.75) is 19.2 Å². The number of imidazole rings is 1. The molecule has 1 unspecified atom stereocenters. The van der Waals surface area contributed by atoms with Crippen LogP contribution in [0, 0.1) is 0 Å². The first-order chi connectivity index (χ1) is 12.3. The molecule has 0 aliphatic carbocycles. The molecule has 0 aliphatic heterocycles. The second-order valence-electron chi connectivity index (χ2n) is 6.04. The Hall–Kier alpha value is -3.12. The molecule has 4 rings (SSSR count). The first-order valence-corrected chi connectivity index (χ1v) is 8.09. The van der Waals surface area contributed by atoms with Crippen LogP contribution in [-0.4, -0.2) is 36.8 Å². The lowest BCUT2D eigenvalue weighted by molar-refractivity contribution is 0.137. The van der Waals surface area contributed by atoms with Crippen molar-refractivity contribution in [3.05, 3.63) is 66.6 Å². The molecule has 0 fully saturated rings. The molecule has 6 nitrogen and oxygen atoms in total. The maximum absolute atomic E-state index is 10.6. The second kappa shape index (κ2) is 6.41. The summed E-state index contributed by atoms with van der Waals surface area (Å²) in [5, 5.41) is 23.5.